The minimum atomic E-state index is -0.551. The largest absolute Gasteiger partial charge is 0.389 e. The van der Waals surface area contributed by atoms with Crippen LogP contribution in [0.15, 0.2) is 0 Å². The van der Waals surface area contributed by atoms with Crippen LogP contribution in [0, 0.1) is 0 Å². The first-order chi connectivity index (χ1) is 5.02. The number of hydrogen-bond acceptors (Lipinski definition) is 2. The molecule has 1 heterocycles. The van der Waals surface area contributed by atoms with E-state index >= 15 is 0 Å². The van der Waals surface area contributed by atoms with Crippen molar-refractivity contribution in [3.63, 3.8) is 0 Å². The van der Waals surface area contributed by atoms with E-state index in [-0.39, 0.29) is 0 Å². The third-order valence-corrected chi connectivity index (χ3v) is 2.71. The second-order valence-electron chi connectivity index (χ2n) is 4.07. The molecular formula is C9H19NO. The summed E-state index contributed by atoms with van der Waals surface area (Å²) >= 11 is 0. The Kier molecular flexibility index (Phi) is 2.55. The smallest absolute Gasteiger partial charge is 0.0743 e. The highest BCUT2D eigenvalue weighted by Crippen LogP contribution is 2.19. The van der Waals surface area contributed by atoms with Crippen LogP contribution in [0.5, 0.6) is 0 Å². The molecule has 1 aliphatic heterocycles. The van der Waals surface area contributed by atoms with Gasteiger partial charge in [-0.2, -0.15) is 0 Å². The third-order valence-electron chi connectivity index (χ3n) is 2.71. The molecule has 1 N–H and O–H groups in total. The fourth-order valence-corrected chi connectivity index (χ4v) is 1.58. The minimum Gasteiger partial charge on any atom is -0.389 e. The standard InChI is InChI=1S/C9H19NO/c1-8(9(2,3)11)10-6-4-5-7-10/h8,11H,4-7H2,1-3H3. The molecule has 1 atom stereocenters. The van der Waals surface area contributed by atoms with E-state index in [1.807, 2.05) is 13.8 Å². The van der Waals surface area contributed by atoms with Crippen LogP contribution in [-0.4, -0.2) is 34.7 Å². The van der Waals surface area contributed by atoms with Gasteiger partial charge in [0.1, 0.15) is 0 Å². The molecule has 0 aliphatic carbocycles. The van der Waals surface area contributed by atoms with E-state index in [1.165, 1.54) is 12.8 Å². The second-order valence-corrected chi connectivity index (χ2v) is 4.07. The van der Waals surface area contributed by atoms with Gasteiger partial charge in [0, 0.05) is 6.04 Å². The summed E-state index contributed by atoms with van der Waals surface area (Å²) in [6, 6.07) is 0.296. The maximum atomic E-state index is 9.70. The Hall–Kier alpha value is -0.0800. The van der Waals surface area contributed by atoms with Crippen molar-refractivity contribution < 1.29 is 5.11 Å². The van der Waals surface area contributed by atoms with Crippen molar-refractivity contribution in [3.8, 4) is 0 Å². The molecule has 0 amide bonds. The lowest BCUT2D eigenvalue weighted by Crippen LogP contribution is -2.46. The zero-order valence-electron chi connectivity index (χ0n) is 7.80. The van der Waals surface area contributed by atoms with E-state index < -0.39 is 5.60 Å². The average molecular weight is 157 g/mol. The van der Waals surface area contributed by atoms with Gasteiger partial charge in [0.15, 0.2) is 0 Å². The quantitative estimate of drug-likeness (QED) is 0.652. The molecule has 11 heavy (non-hydrogen) atoms. The van der Waals surface area contributed by atoms with Crippen LogP contribution in [0.1, 0.15) is 33.6 Å². The second kappa shape index (κ2) is 3.11. The van der Waals surface area contributed by atoms with Crippen molar-refractivity contribution in [2.45, 2.75) is 45.3 Å². The summed E-state index contributed by atoms with van der Waals surface area (Å²) < 4.78 is 0. The Morgan fingerprint density at radius 1 is 1.27 bits per heavy atom. The van der Waals surface area contributed by atoms with Crippen LogP contribution in [0.4, 0.5) is 0 Å². The van der Waals surface area contributed by atoms with Crippen LogP contribution >= 0.6 is 0 Å². The van der Waals surface area contributed by atoms with Gasteiger partial charge in [-0.25, -0.2) is 0 Å². The molecule has 1 rings (SSSR count). The maximum absolute atomic E-state index is 9.70. The van der Waals surface area contributed by atoms with Crippen LogP contribution < -0.4 is 0 Å². The molecule has 1 fully saturated rings. The zero-order valence-corrected chi connectivity index (χ0v) is 7.80. The molecule has 2 heteroatoms. The summed E-state index contributed by atoms with van der Waals surface area (Å²) in [6.07, 6.45) is 2.58. The highest BCUT2D eigenvalue weighted by Gasteiger charge is 2.29. The number of nitrogens with zero attached hydrogens (tertiary/aromatic N) is 1. The summed E-state index contributed by atoms with van der Waals surface area (Å²) in [5.74, 6) is 0. The summed E-state index contributed by atoms with van der Waals surface area (Å²) in [5, 5.41) is 9.70. The molecule has 1 aliphatic rings. The Balaban J connectivity index is 2.46. The average Bonchev–Trinajstić information content (AvgIpc) is 2.34. The molecule has 1 unspecified atom stereocenters. The summed E-state index contributed by atoms with van der Waals surface area (Å²) in [7, 11) is 0. The fraction of sp³-hybridized carbons (Fsp3) is 1.00. The van der Waals surface area contributed by atoms with Crippen LogP contribution in [0.3, 0.4) is 0 Å². The van der Waals surface area contributed by atoms with Crippen LogP contribution in [0.2, 0.25) is 0 Å². The molecule has 0 aromatic rings. The molecule has 0 aromatic heterocycles. The van der Waals surface area contributed by atoms with E-state index in [0.717, 1.165) is 13.1 Å². The Morgan fingerprint density at radius 3 is 2.09 bits per heavy atom. The first-order valence-electron chi connectivity index (χ1n) is 4.48. The highest BCUT2D eigenvalue weighted by atomic mass is 16.3. The lowest BCUT2D eigenvalue weighted by molar-refractivity contribution is -0.00308. The van der Waals surface area contributed by atoms with Gasteiger partial charge in [0.05, 0.1) is 5.60 Å². The molecule has 1 saturated heterocycles. The van der Waals surface area contributed by atoms with Crippen molar-refractivity contribution in [2.24, 2.45) is 0 Å². The number of hydrogen-bond donors (Lipinski definition) is 1. The van der Waals surface area contributed by atoms with E-state index in [9.17, 15) is 5.11 Å². The highest BCUT2D eigenvalue weighted by molar-refractivity contribution is 4.84. The van der Waals surface area contributed by atoms with E-state index in [1.54, 1.807) is 0 Å². The fourth-order valence-electron chi connectivity index (χ4n) is 1.58. The molecule has 2 nitrogen and oxygen atoms in total. The van der Waals surface area contributed by atoms with Gasteiger partial charge in [-0.05, 0) is 46.7 Å². The van der Waals surface area contributed by atoms with Gasteiger partial charge in [-0.3, -0.25) is 4.90 Å². The van der Waals surface area contributed by atoms with Gasteiger partial charge in [0.2, 0.25) is 0 Å². The maximum Gasteiger partial charge on any atom is 0.0743 e. The molecule has 0 radical (unpaired) electrons. The SMILES string of the molecule is CC(N1CCCC1)C(C)(C)O. The summed E-state index contributed by atoms with van der Waals surface area (Å²) in [6.45, 7) is 8.19. The van der Waals surface area contributed by atoms with E-state index in [4.69, 9.17) is 0 Å². The molecule has 0 spiro atoms. The van der Waals surface area contributed by atoms with Crippen LogP contribution in [-0.2, 0) is 0 Å². The van der Waals surface area contributed by atoms with Gasteiger partial charge in [0.25, 0.3) is 0 Å². The van der Waals surface area contributed by atoms with Crippen molar-refractivity contribution in [1.82, 2.24) is 4.90 Å². The van der Waals surface area contributed by atoms with Gasteiger partial charge >= 0.3 is 0 Å². The van der Waals surface area contributed by atoms with Gasteiger partial charge in [-0.1, -0.05) is 0 Å². The topological polar surface area (TPSA) is 23.5 Å². The molecular weight excluding hydrogens is 138 g/mol. The lowest BCUT2D eigenvalue weighted by Gasteiger charge is -2.33. The monoisotopic (exact) mass is 157 g/mol. The lowest BCUT2D eigenvalue weighted by atomic mass is 10.00. The van der Waals surface area contributed by atoms with Crippen molar-refractivity contribution in [2.75, 3.05) is 13.1 Å². The first-order valence-corrected chi connectivity index (χ1v) is 4.48. The summed E-state index contributed by atoms with van der Waals surface area (Å²) in [5.41, 5.74) is -0.551. The van der Waals surface area contributed by atoms with Crippen LogP contribution in [0.25, 0.3) is 0 Å². The number of aliphatic hydroxyl groups is 1. The molecule has 0 saturated carbocycles. The number of likely N-dealkylation sites (tertiary alicyclic amines) is 1. The summed E-state index contributed by atoms with van der Waals surface area (Å²) in [4.78, 5) is 2.36. The minimum absolute atomic E-state index is 0.296. The Morgan fingerprint density at radius 2 is 1.73 bits per heavy atom. The van der Waals surface area contributed by atoms with E-state index in [2.05, 4.69) is 11.8 Å². The Bertz CT molecular complexity index is 122. The first kappa shape index (κ1) is 9.01. The third kappa shape index (κ3) is 2.17. The predicted octanol–water partition coefficient (Wildman–Crippen LogP) is 1.24. The zero-order chi connectivity index (χ0) is 8.48. The number of rotatable bonds is 2. The molecule has 66 valence electrons. The van der Waals surface area contributed by atoms with Crippen molar-refractivity contribution >= 4 is 0 Å². The normalized spacial score (nSPS) is 24.0. The van der Waals surface area contributed by atoms with Crippen molar-refractivity contribution in [3.05, 3.63) is 0 Å². The predicted molar refractivity (Wildman–Crippen MR) is 46.6 cm³/mol. The molecule has 0 bridgehead atoms. The Labute approximate surface area is 69.2 Å². The van der Waals surface area contributed by atoms with Gasteiger partial charge in [-0.15, -0.1) is 0 Å². The van der Waals surface area contributed by atoms with E-state index in [0.29, 0.717) is 6.04 Å². The van der Waals surface area contributed by atoms with Gasteiger partial charge < -0.3 is 5.11 Å². The van der Waals surface area contributed by atoms with Crippen molar-refractivity contribution in [1.29, 1.82) is 0 Å². The molecule has 0 aromatic carbocycles.